The van der Waals surface area contributed by atoms with E-state index >= 15 is 0 Å². The fourth-order valence-corrected chi connectivity index (χ4v) is 10.5. The molecule has 0 aliphatic heterocycles. The summed E-state index contributed by atoms with van der Waals surface area (Å²) in [5, 5.41) is 3.84. The fraction of sp³-hybridized carbons (Fsp3) is 0.622. The Morgan fingerprint density at radius 3 is 1.59 bits per heavy atom. The number of hydrogen-bond donors (Lipinski definition) is 1. The Morgan fingerprint density at radius 2 is 1.10 bits per heavy atom. The number of amidine groups is 1. The summed E-state index contributed by atoms with van der Waals surface area (Å²) >= 11 is 0. The van der Waals surface area contributed by atoms with Gasteiger partial charge in [-0.3, -0.25) is 4.99 Å². The molecule has 0 heterocycles. The van der Waals surface area contributed by atoms with Gasteiger partial charge in [0.1, 0.15) is 0 Å². The van der Waals surface area contributed by atoms with Crippen LogP contribution in [0.4, 0.5) is 0 Å². The second-order valence-electron chi connectivity index (χ2n) is 14.9. The van der Waals surface area contributed by atoms with Crippen LogP contribution < -0.4 is 5.32 Å². The lowest BCUT2D eigenvalue weighted by Crippen LogP contribution is -2.59. The Morgan fingerprint density at radius 1 is 0.659 bits per heavy atom. The van der Waals surface area contributed by atoms with E-state index in [1.807, 2.05) is 6.07 Å². The molecule has 4 nitrogen and oxygen atoms in total. The first-order valence-corrected chi connectivity index (χ1v) is 16.5. The van der Waals surface area contributed by atoms with Gasteiger partial charge in [0.05, 0.1) is 30.5 Å². The maximum Gasteiger partial charge on any atom is 0.0940 e. The maximum absolute atomic E-state index is 4.81. The SMILES string of the molecule is C(=NCc1ccccc1)=NC12CC3CC(CC(C3)C1)C2.CC(=NCc1ccccc1)NC12CC3CC(CC(C3)C1)C2. The Labute approximate surface area is 247 Å². The van der Waals surface area contributed by atoms with Crippen molar-refractivity contribution in [2.75, 3.05) is 0 Å². The van der Waals surface area contributed by atoms with Crippen LogP contribution in [0.5, 0.6) is 0 Å². The molecule has 10 rings (SSSR count). The summed E-state index contributed by atoms with van der Waals surface area (Å²) in [5.74, 6) is 6.95. The van der Waals surface area contributed by atoms with Crippen molar-refractivity contribution < 1.29 is 0 Å². The van der Waals surface area contributed by atoms with Crippen LogP contribution in [0.2, 0.25) is 0 Å². The first-order valence-electron chi connectivity index (χ1n) is 16.5. The minimum Gasteiger partial charge on any atom is -0.369 e. The molecule has 0 saturated heterocycles. The summed E-state index contributed by atoms with van der Waals surface area (Å²) in [6.07, 6.45) is 17.0. The molecule has 4 heteroatoms. The first-order chi connectivity index (χ1) is 20.0. The molecule has 41 heavy (non-hydrogen) atoms. The van der Waals surface area contributed by atoms with Gasteiger partial charge in [0.2, 0.25) is 0 Å². The molecule has 8 saturated carbocycles. The number of benzene rings is 2. The van der Waals surface area contributed by atoms with Gasteiger partial charge < -0.3 is 5.32 Å². The molecular weight excluding hydrogens is 500 g/mol. The maximum atomic E-state index is 4.81. The molecule has 0 amide bonds. The minimum atomic E-state index is 0.217. The van der Waals surface area contributed by atoms with E-state index in [1.54, 1.807) is 0 Å². The van der Waals surface area contributed by atoms with Crippen molar-refractivity contribution in [1.29, 1.82) is 0 Å². The van der Waals surface area contributed by atoms with Crippen molar-refractivity contribution in [2.45, 2.75) is 108 Å². The molecule has 1 N–H and O–H groups in total. The monoisotopic (exact) mass is 548 g/mol. The van der Waals surface area contributed by atoms with Gasteiger partial charge in [-0.1, -0.05) is 60.7 Å². The molecule has 2 aromatic rings. The van der Waals surface area contributed by atoms with Gasteiger partial charge in [0.15, 0.2) is 0 Å². The Balaban J connectivity index is 0.000000135. The second kappa shape index (κ2) is 11.5. The largest absolute Gasteiger partial charge is 0.369 e. The predicted octanol–water partition coefficient (Wildman–Crippen LogP) is 8.49. The highest BCUT2D eigenvalue weighted by Gasteiger charge is 2.52. The highest BCUT2D eigenvalue weighted by Crippen LogP contribution is 2.57. The zero-order valence-electron chi connectivity index (χ0n) is 25.0. The lowest BCUT2D eigenvalue weighted by atomic mass is 9.53. The highest BCUT2D eigenvalue weighted by molar-refractivity contribution is 5.80. The lowest BCUT2D eigenvalue weighted by molar-refractivity contribution is -0.0101. The predicted molar refractivity (Wildman–Crippen MR) is 168 cm³/mol. The average molecular weight is 549 g/mol. The minimum absolute atomic E-state index is 0.217. The summed E-state index contributed by atoms with van der Waals surface area (Å²) in [6, 6.07) is 24.0. The van der Waals surface area contributed by atoms with E-state index < -0.39 is 0 Å². The number of rotatable bonds is 6. The summed E-state index contributed by atoms with van der Waals surface area (Å²) < 4.78 is 0. The number of nitrogens with zero attached hydrogens (tertiary/aromatic N) is 3. The lowest BCUT2D eigenvalue weighted by Gasteiger charge is -2.57. The molecule has 2 aromatic carbocycles. The van der Waals surface area contributed by atoms with Crippen molar-refractivity contribution in [3.8, 4) is 0 Å². The van der Waals surface area contributed by atoms with E-state index in [0.717, 1.165) is 47.9 Å². The van der Waals surface area contributed by atoms with Crippen molar-refractivity contribution in [3.05, 3.63) is 71.8 Å². The summed E-state index contributed by atoms with van der Waals surface area (Å²) in [4.78, 5) is 14.0. The van der Waals surface area contributed by atoms with E-state index in [4.69, 9.17) is 9.98 Å². The fourth-order valence-electron chi connectivity index (χ4n) is 10.5. The van der Waals surface area contributed by atoms with Crippen molar-refractivity contribution in [1.82, 2.24) is 5.32 Å². The Kier molecular flexibility index (Phi) is 7.63. The summed E-state index contributed by atoms with van der Waals surface area (Å²) in [5.41, 5.74) is 3.14. The Bertz CT molecular complexity index is 1200. The number of hydrogen-bond acceptors (Lipinski definition) is 3. The van der Waals surface area contributed by atoms with Gasteiger partial charge in [-0.15, -0.1) is 0 Å². The smallest absolute Gasteiger partial charge is 0.0940 e. The van der Waals surface area contributed by atoms with E-state index in [9.17, 15) is 0 Å². The van der Waals surface area contributed by atoms with Crippen LogP contribution in [0.15, 0.2) is 75.6 Å². The number of aliphatic imine (C=N–C) groups is 3. The normalized spacial score (nSPS) is 37.6. The second-order valence-corrected chi connectivity index (χ2v) is 14.9. The van der Waals surface area contributed by atoms with Crippen LogP contribution in [0.25, 0.3) is 0 Å². The van der Waals surface area contributed by atoms with E-state index in [2.05, 4.69) is 77.8 Å². The zero-order chi connectivity index (χ0) is 27.7. The van der Waals surface area contributed by atoms with Gasteiger partial charge in [-0.25, -0.2) is 9.98 Å². The molecule has 8 aliphatic carbocycles. The molecule has 0 unspecified atom stereocenters. The average Bonchev–Trinajstić information content (AvgIpc) is 2.94. The van der Waals surface area contributed by atoms with Crippen LogP contribution in [0.3, 0.4) is 0 Å². The zero-order valence-corrected chi connectivity index (χ0v) is 25.0. The van der Waals surface area contributed by atoms with E-state index in [-0.39, 0.29) is 5.54 Å². The van der Waals surface area contributed by atoms with Gasteiger partial charge in [0, 0.05) is 5.54 Å². The molecular formula is C37H48N4. The van der Waals surface area contributed by atoms with Gasteiger partial charge >= 0.3 is 0 Å². The van der Waals surface area contributed by atoms with Gasteiger partial charge in [-0.05, 0) is 131 Å². The topological polar surface area (TPSA) is 49.1 Å². The molecule has 8 aliphatic rings. The highest BCUT2D eigenvalue weighted by atomic mass is 15.1. The molecule has 0 atom stereocenters. The van der Waals surface area contributed by atoms with E-state index in [1.165, 1.54) is 88.2 Å². The number of nitrogens with one attached hydrogen (secondary N) is 1. The molecule has 0 spiro atoms. The molecule has 0 aromatic heterocycles. The third-order valence-electron chi connectivity index (χ3n) is 11.3. The summed E-state index contributed by atoms with van der Waals surface area (Å²) in [7, 11) is 0. The van der Waals surface area contributed by atoms with Crippen LogP contribution >= 0.6 is 0 Å². The van der Waals surface area contributed by atoms with Crippen LogP contribution in [-0.2, 0) is 13.1 Å². The first kappa shape index (κ1) is 27.1. The molecule has 8 bridgehead atoms. The molecule has 8 fully saturated rings. The van der Waals surface area contributed by atoms with Gasteiger partial charge in [0.25, 0.3) is 0 Å². The molecule has 216 valence electrons. The van der Waals surface area contributed by atoms with Crippen LogP contribution in [-0.4, -0.2) is 22.9 Å². The Hall–Kier alpha value is -2.71. The van der Waals surface area contributed by atoms with Crippen molar-refractivity contribution in [3.63, 3.8) is 0 Å². The van der Waals surface area contributed by atoms with Crippen LogP contribution in [0, 0.1) is 35.5 Å². The third kappa shape index (κ3) is 6.38. The third-order valence-corrected chi connectivity index (χ3v) is 11.3. The van der Waals surface area contributed by atoms with Crippen LogP contribution in [0.1, 0.15) is 95.1 Å². The standard InChI is InChI=1S/C19H26N2.C18H22N2/c1-14(20-13-15-5-3-2-4-6-15)21-19-10-16-7-17(11-19)9-18(8-16)12-19;1-2-4-14(5-3-1)12-19-13-20-18-9-15-6-16(10-18)8-17(7-15)11-18/h2-6,16-18H,7-13H2,1H3,(H,20,21);1-5,15-17H,6-12H2. The summed E-state index contributed by atoms with van der Waals surface area (Å²) in [6.45, 7) is 3.66. The van der Waals surface area contributed by atoms with Crippen molar-refractivity contribution >= 4 is 11.8 Å². The van der Waals surface area contributed by atoms with Gasteiger partial charge in [-0.2, -0.15) is 0 Å². The van der Waals surface area contributed by atoms with E-state index in [0.29, 0.717) is 12.1 Å². The molecule has 0 radical (unpaired) electrons. The van der Waals surface area contributed by atoms with Crippen molar-refractivity contribution in [2.24, 2.45) is 50.5 Å². The quantitative estimate of drug-likeness (QED) is 0.286.